The SMILES string of the molecule is CCn1c(SCC(=O)Nc2ccc(NC(C)=O)cc2)nc2c(-c3ccc(C)cc3)csc2c1=O. The Morgan fingerprint density at radius 1 is 1.03 bits per heavy atom. The van der Waals surface area contributed by atoms with Gasteiger partial charge >= 0.3 is 0 Å². The lowest BCUT2D eigenvalue weighted by atomic mass is 10.1. The van der Waals surface area contributed by atoms with E-state index in [4.69, 9.17) is 4.98 Å². The van der Waals surface area contributed by atoms with E-state index in [1.165, 1.54) is 30.0 Å². The molecule has 0 unspecified atom stereocenters. The second-order valence-electron chi connectivity index (χ2n) is 7.73. The summed E-state index contributed by atoms with van der Waals surface area (Å²) in [6.45, 7) is 5.83. The monoisotopic (exact) mass is 492 g/mol. The number of thiophene rings is 1. The Bertz CT molecular complexity index is 1410. The van der Waals surface area contributed by atoms with Crippen molar-refractivity contribution in [1.82, 2.24) is 9.55 Å². The fourth-order valence-corrected chi connectivity index (χ4v) is 5.29. The Kier molecular flexibility index (Phi) is 7.14. The minimum Gasteiger partial charge on any atom is -0.326 e. The fraction of sp³-hybridized carbons (Fsp3) is 0.200. The molecule has 174 valence electrons. The molecule has 0 aliphatic carbocycles. The number of benzene rings is 2. The molecule has 4 rings (SSSR count). The van der Waals surface area contributed by atoms with Crippen LogP contribution in [0.5, 0.6) is 0 Å². The molecule has 2 aromatic carbocycles. The summed E-state index contributed by atoms with van der Waals surface area (Å²) >= 11 is 2.63. The number of carbonyl (C=O) groups is 2. The van der Waals surface area contributed by atoms with Crippen molar-refractivity contribution < 1.29 is 9.59 Å². The number of fused-ring (bicyclic) bond motifs is 1. The third kappa shape index (κ3) is 5.21. The molecule has 9 heteroatoms. The number of hydrogen-bond acceptors (Lipinski definition) is 6. The van der Waals surface area contributed by atoms with E-state index >= 15 is 0 Å². The summed E-state index contributed by atoms with van der Waals surface area (Å²) in [6.07, 6.45) is 0. The van der Waals surface area contributed by atoms with E-state index in [0.29, 0.717) is 33.3 Å². The van der Waals surface area contributed by atoms with Gasteiger partial charge < -0.3 is 10.6 Å². The van der Waals surface area contributed by atoms with Crippen LogP contribution in [0.15, 0.2) is 63.9 Å². The van der Waals surface area contributed by atoms with Gasteiger partial charge in [-0.25, -0.2) is 4.98 Å². The van der Waals surface area contributed by atoms with Crippen molar-refractivity contribution in [2.75, 3.05) is 16.4 Å². The number of aromatic nitrogens is 2. The van der Waals surface area contributed by atoms with Crippen LogP contribution < -0.4 is 16.2 Å². The van der Waals surface area contributed by atoms with Gasteiger partial charge in [0.25, 0.3) is 5.56 Å². The van der Waals surface area contributed by atoms with Gasteiger partial charge in [-0.1, -0.05) is 41.6 Å². The lowest BCUT2D eigenvalue weighted by Crippen LogP contribution is -2.22. The van der Waals surface area contributed by atoms with Gasteiger partial charge in [-0.3, -0.25) is 19.0 Å². The summed E-state index contributed by atoms with van der Waals surface area (Å²) in [6, 6.07) is 15.0. The Labute approximate surface area is 205 Å². The molecule has 0 saturated heterocycles. The number of rotatable bonds is 7. The van der Waals surface area contributed by atoms with Crippen molar-refractivity contribution in [1.29, 1.82) is 0 Å². The molecular formula is C25H24N4O3S2. The molecule has 2 heterocycles. The van der Waals surface area contributed by atoms with Crippen LogP contribution in [0.2, 0.25) is 0 Å². The van der Waals surface area contributed by atoms with Gasteiger partial charge in [-0.15, -0.1) is 11.3 Å². The zero-order chi connectivity index (χ0) is 24.2. The van der Waals surface area contributed by atoms with E-state index in [1.807, 2.05) is 43.5 Å². The molecule has 0 bridgehead atoms. The van der Waals surface area contributed by atoms with Crippen molar-refractivity contribution in [2.24, 2.45) is 0 Å². The molecule has 0 atom stereocenters. The van der Waals surface area contributed by atoms with E-state index in [-0.39, 0.29) is 23.1 Å². The average Bonchev–Trinajstić information content (AvgIpc) is 3.23. The first-order valence-corrected chi connectivity index (χ1v) is 12.6. The number of amides is 2. The highest BCUT2D eigenvalue weighted by Gasteiger charge is 2.17. The van der Waals surface area contributed by atoms with E-state index < -0.39 is 0 Å². The predicted molar refractivity (Wildman–Crippen MR) is 140 cm³/mol. The molecule has 0 fully saturated rings. The zero-order valence-electron chi connectivity index (χ0n) is 19.0. The van der Waals surface area contributed by atoms with Crippen LogP contribution in [-0.2, 0) is 16.1 Å². The van der Waals surface area contributed by atoms with Crippen LogP contribution in [-0.4, -0.2) is 27.1 Å². The molecule has 2 N–H and O–H groups in total. The maximum absolute atomic E-state index is 13.1. The van der Waals surface area contributed by atoms with Crippen LogP contribution in [0.1, 0.15) is 19.4 Å². The quantitative estimate of drug-likeness (QED) is 0.275. The number of aryl methyl sites for hydroxylation is 1. The number of carbonyl (C=O) groups excluding carboxylic acids is 2. The van der Waals surface area contributed by atoms with Gasteiger partial charge in [-0.05, 0) is 43.7 Å². The van der Waals surface area contributed by atoms with E-state index in [0.717, 1.165) is 16.7 Å². The molecule has 2 amide bonds. The first-order chi connectivity index (χ1) is 16.4. The summed E-state index contributed by atoms with van der Waals surface area (Å²) in [5.74, 6) is -0.260. The van der Waals surface area contributed by atoms with Crippen molar-refractivity contribution in [3.63, 3.8) is 0 Å². The number of nitrogens with zero attached hydrogens (tertiary/aromatic N) is 2. The second kappa shape index (κ2) is 10.2. The first kappa shape index (κ1) is 23.7. The highest BCUT2D eigenvalue weighted by molar-refractivity contribution is 7.99. The summed E-state index contributed by atoms with van der Waals surface area (Å²) in [7, 11) is 0. The molecule has 0 saturated carbocycles. The van der Waals surface area contributed by atoms with Crippen LogP contribution in [0.3, 0.4) is 0 Å². The van der Waals surface area contributed by atoms with Gasteiger partial charge in [0.2, 0.25) is 11.8 Å². The smallest absolute Gasteiger partial charge is 0.272 e. The Morgan fingerprint density at radius 3 is 2.29 bits per heavy atom. The second-order valence-corrected chi connectivity index (χ2v) is 9.55. The minimum atomic E-state index is -0.210. The summed E-state index contributed by atoms with van der Waals surface area (Å²) in [5.41, 5.74) is 4.95. The lowest BCUT2D eigenvalue weighted by molar-refractivity contribution is -0.114. The summed E-state index contributed by atoms with van der Waals surface area (Å²) in [4.78, 5) is 41.6. The van der Waals surface area contributed by atoms with Gasteiger partial charge in [0, 0.05) is 35.8 Å². The molecule has 7 nitrogen and oxygen atoms in total. The Balaban J connectivity index is 1.54. The first-order valence-electron chi connectivity index (χ1n) is 10.7. The molecular weight excluding hydrogens is 468 g/mol. The maximum Gasteiger partial charge on any atom is 0.272 e. The van der Waals surface area contributed by atoms with Gasteiger partial charge in [-0.2, -0.15) is 0 Å². The van der Waals surface area contributed by atoms with Crippen molar-refractivity contribution >= 4 is 56.5 Å². The summed E-state index contributed by atoms with van der Waals surface area (Å²) in [5, 5.41) is 8.00. The topological polar surface area (TPSA) is 93.1 Å². The lowest BCUT2D eigenvalue weighted by Gasteiger charge is -2.11. The third-order valence-corrected chi connectivity index (χ3v) is 7.08. The standard InChI is InChI=1S/C25H24N4O3S2/c1-4-29-24(32)23-22(20(13-33-23)17-7-5-15(2)6-8-17)28-25(29)34-14-21(31)27-19-11-9-18(10-12-19)26-16(3)30/h5-13H,4,14H2,1-3H3,(H,26,30)(H,27,31). The molecule has 34 heavy (non-hydrogen) atoms. The normalized spacial score (nSPS) is 10.9. The predicted octanol–water partition coefficient (Wildman–Crippen LogP) is 5.14. The number of nitrogens with one attached hydrogen (secondary N) is 2. The van der Waals surface area contributed by atoms with Gasteiger partial charge in [0.15, 0.2) is 5.16 Å². The number of anilines is 2. The molecule has 4 aromatic rings. The largest absolute Gasteiger partial charge is 0.326 e. The molecule has 0 aliphatic heterocycles. The Morgan fingerprint density at radius 2 is 1.68 bits per heavy atom. The van der Waals surface area contributed by atoms with Gasteiger partial charge in [0.1, 0.15) is 4.70 Å². The highest BCUT2D eigenvalue weighted by Crippen LogP contribution is 2.32. The van der Waals surface area contributed by atoms with Crippen molar-refractivity contribution in [2.45, 2.75) is 32.5 Å². The number of thioether (sulfide) groups is 1. The summed E-state index contributed by atoms with van der Waals surface area (Å²) < 4.78 is 2.23. The third-order valence-electron chi connectivity index (χ3n) is 5.14. The highest BCUT2D eigenvalue weighted by atomic mass is 32.2. The van der Waals surface area contributed by atoms with E-state index in [1.54, 1.807) is 28.8 Å². The minimum absolute atomic E-state index is 0.0904. The van der Waals surface area contributed by atoms with Crippen LogP contribution >= 0.6 is 23.1 Å². The van der Waals surface area contributed by atoms with Crippen LogP contribution in [0.4, 0.5) is 11.4 Å². The van der Waals surface area contributed by atoms with Gasteiger partial charge in [0.05, 0.1) is 11.3 Å². The maximum atomic E-state index is 13.1. The molecule has 0 aliphatic rings. The fourth-order valence-electron chi connectivity index (χ4n) is 3.47. The van der Waals surface area contributed by atoms with Crippen molar-refractivity contribution in [3.05, 3.63) is 69.8 Å². The molecule has 2 aromatic heterocycles. The van der Waals surface area contributed by atoms with E-state index in [9.17, 15) is 14.4 Å². The van der Waals surface area contributed by atoms with Crippen LogP contribution in [0.25, 0.3) is 21.3 Å². The molecule has 0 spiro atoms. The van der Waals surface area contributed by atoms with Crippen molar-refractivity contribution in [3.8, 4) is 11.1 Å². The average molecular weight is 493 g/mol. The molecule has 0 radical (unpaired) electrons. The van der Waals surface area contributed by atoms with E-state index in [2.05, 4.69) is 10.6 Å². The number of hydrogen-bond donors (Lipinski definition) is 2. The van der Waals surface area contributed by atoms with Crippen LogP contribution in [0, 0.1) is 6.92 Å². The zero-order valence-corrected chi connectivity index (χ0v) is 20.7. The Hall–Kier alpha value is -3.43.